The van der Waals surface area contributed by atoms with E-state index in [1.165, 1.54) is 30.0 Å². The maximum absolute atomic E-state index is 12.1. The first-order chi connectivity index (χ1) is 13.1. The number of thioether (sulfide) groups is 1. The van der Waals surface area contributed by atoms with Gasteiger partial charge in [-0.3, -0.25) is 14.6 Å². The number of benzene rings is 1. The molecule has 1 aromatic carbocycles. The Labute approximate surface area is 165 Å². The summed E-state index contributed by atoms with van der Waals surface area (Å²) >= 11 is 2.92. The molecule has 0 saturated carbocycles. The molecule has 8 heteroatoms. The van der Waals surface area contributed by atoms with Crippen molar-refractivity contribution >= 4 is 45.7 Å². The molecule has 6 nitrogen and oxygen atoms in total. The summed E-state index contributed by atoms with van der Waals surface area (Å²) in [5, 5.41) is 8.02. The Morgan fingerprint density at radius 1 is 1.15 bits per heavy atom. The van der Waals surface area contributed by atoms with Crippen LogP contribution in [-0.4, -0.2) is 27.5 Å². The summed E-state index contributed by atoms with van der Waals surface area (Å²) in [7, 11) is 0. The Morgan fingerprint density at radius 2 is 1.96 bits per heavy atom. The molecule has 0 fully saturated rings. The lowest BCUT2D eigenvalue weighted by Crippen LogP contribution is -2.14. The van der Waals surface area contributed by atoms with Crippen molar-refractivity contribution in [2.24, 2.45) is 0 Å². The van der Waals surface area contributed by atoms with Crippen molar-refractivity contribution in [3.8, 4) is 11.3 Å². The maximum Gasteiger partial charge on any atom is 0.236 e. The normalized spacial score (nSPS) is 10.4. The van der Waals surface area contributed by atoms with Crippen molar-refractivity contribution in [1.82, 2.24) is 9.97 Å². The van der Waals surface area contributed by atoms with Gasteiger partial charge in [-0.25, -0.2) is 4.98 Å². The quantitative estimate of drug-likeness (QED) is 0.628. The highest BCUT2D eigenvalue weighted by atomic mass is 32.2. The standard InChI is InChI=1S/C19H18N4O2S2/c1-13(24)21-16-6-4-15(5-7-16)17-11-27-19(22-17)23-18(25)12-26-10-14-3-2-8-20-9-14/h2-9,11H,10,12H2,1H3,(H,21,24)(H,22,23,25). The van der Waals surface area contributed by atoms with E-state index in [4.69, 9.17) is 0 Å². The number of hydrogen-bond acceptors (Lipinski definition) is 6. The molecule has 27 heavy (non-hydrogen) atoms. The molecule has 0 bridgehead atoms. The van der Waals surface area contributed by atoms with E-state index < -0.39 is 0 Å². The number of amides is 2. The molecule has 0 saturated heterocycles. The molecule has 0 unspecified atom stereocenters. The van der Waals surface area contributed by atoms with Gasteiger partial charge < -0.3 is 10.6 Å². The van der Waals surface area contributed by atoms with Crippen LogP contribution in [0.1, 0.15) is 12.5 Å². The molecule has 0 atom stereocenters. The average molecular weight is 399 g/mol. The number of nitrogens with one attached hydrogen (secondary N) is 2. The van der Waals surface area contributed by atoms with Gasteiger partial charge in [0.05, 0.1) is 11.4 Å². The van der Waals surface area contributed by atoms with E-state index in [-0.39, 0.29) is 11.8 Å². The molecule has 2 heterocycles. The zero-order valence-electron chi connectivity index (χ0n) is 14.6. The first kappa shape index (κ1) is 19.1. The fourth-order valence-corrected chi connectivity index (χ4v) is 3.79. The fraction of sp³-hybridized carbons (Fsp3) is 0.158. The van der Waals surface area contributed by atoms with Crippen molar-refractivity contribution in [1.29, 1.82) is 0 Å². The number of pyridine rings is 1. The fourth-order valence-electron chi connectivity index (χ4n) is 2.29. The third kappa shape index (κ3) is 5.90. The third-order valence-electron chi connectivity index (χ3n) is 3.48. The van der Waals surface area contributed by atoms with Gasteiger partial charge in [0.25, 0.3) is 0 Å². The molecule has 138 valence electrons. The first-order valence-electron chi connectivity index (χ1n) is 8.20. The molecule has 2 N–H and O–H groups in total. The number of hydrogen-bond donors (Lipinski definition) is 2. The summed E-state index contributed by atoms with van der Waals surface area (Å²) in [5.74, 6) is 0.911. The highest BCUT2D eigenvalue weighted by Gasteiger charge is 2.09. The highest BCUT2D eigenvalue weighted by Crippen LogP contribution is 2.26. The van der Waals surface area contributed by atoms with E-state index >= 15 is 0 Å². The van der Waals surface area contributed by atoms with Crippen LogP contribution in [0.2, 0.25) is 0 Å². The number of anilines is 2. The van der Waals surface area contributed by atoms with Crippen LogP contribution in [0.5, 0.6) is 0 Å². The van der Waals surface area contributed by atoms with Gasteiger partial charge in [-0.2, -0.15) is 0 Å². The largest absolute Gasteiger partial charge is 0.326 e. The zero-order chi connectivity index (χ0) is 19.1. The molecule has 3 rings (SSSR count). The number of carbonyl (C=O) groups is 2. The maximum atomic E-state index is 12.1. The molecule has 2 amide bonds. The summed E-state index contributed by atoms with van der Waals surface area (Å²) in [5.41, 5.74) is 3.54. The van der Waals surface area contributed by atoms with Crippen LogP contribution < -0.4 is 10.6 Å². The molecule has 0 aliphatic carbocycles. The molecule has 0 radical (unpaired) electrons. The molecule has 0 spiro atoms. The summed E-state index contributed by atoms with van der Waals surface area (Å²) in [6.45, 7) is 1.47. The van der Waals surface area contributed by atoms with E-state index in [0.29, 0.717) is 10.9 Å². The van der Waals surface area contributed by atoms with E-state index in [9.17, 15) is 9.59 Å². The first-order valence-corrected chi connectivity index (χ1v) is 10.2. The number of thiazole rings is 1. The third-order valence-corrected chi connectivity index (χ3v) is 5.24. The topological polar surface area (TPSA) is 84.0 Å². The molecular weight excluding hydrogens is 380 g/mol. The molecule has 2 aromatic heterocycles. The van der Waals surface area contributed by atoms with Gasteiger partial charge in [-0.05, 0) is 23.8 Å². The number of rotatable bonds is 7. The van der Waals surface area contributed by atoms with Gasteiger partial charge in [0.2, 0.25) is 11.8 Å². The summed E-state index contributed by atoms with van der Waals surface area (Å²) in [4.78, 5) is 31.7. The second-order valence-electron chi connectivity index (χ2n) is 5.70. The van der Waals surface area contributed by atoms with E-state index in [1.807, 2.05) is 41.8 Å². The van der Waals surface area contributed by atoms with E-state index in [0.717, 1.165) is 28.3 Å². The lowest BCUT2D eigenvalue weighted by molar-refractivity contribution is -0.114. The Bertz CT molecular complexity index is 911. The van der Waals surface area contributed by atoms with E-state index in [1.54, 1.807) is 12.4 Å². The van der Waals surface area contributed by atoms with Gasteiger partial charge in [-0.1, -0.05) is 18.2 Å². The van der Waals surface area contributed by atoms with Crippen molar-refractivity contribution in [2.75, 3.05) is 16.4 Å². The smallest absolute Gasteiger partial charge is 0.236 e. The summed E-state index contributed by atoms with van der Waals surface area (Å²) in [6.07, 6.45) is 3.53. The Balaban J connectivity index is 1.51. The Morgan fingerprint density at radius 3 is 2.67 bits per heavy atom. The lowest BCUT2D eigenvalue weighted by atomic mass is 10.1. The second-order valence-corrected chi connectivity index (χ2v) is 7.54. The van der Waals surface area contributed by atoms with Crippen molar-refractivity contribution < 1.29 is 9.59 Å². The van der Waals surface area contributed by atoms with Crippen LogP contribution in [0.15, 0.2) is 54.2 Å². The average Bonchev–Trinajstić information content (AvgIpc) is 3.11. The van der Waals surface area contributed by atoms with Crippen LogP contribution in [0.25, 0.3) is 11.3 Å². The predicted octanol–water partition coefficient (Wildman–Crippen LogP) is 4.04. The molecule has 3 aromatic rings. The molecular formula is C19H18N4O2S2. The Hall–Kier alpha value is -2.71. The van der Waals surface area contributed by atoms with Gasteiger partial charge in [-0.15, -0.1) is 23.1 Å². The number of nitrogens with zero attached hydrogens (tertiary/aromatic N) is 2. The van der Waals surface area contributed by atoms with Gasteiger partial charge >= 0.3 is 0 Å². The van der Waals surface area contributed by atoms with Crippen molar-refractivity contribution in [3.05, 3.63) is 59.7 Å². The number of aromatic nitrogens is 2. The van der Waals surface area contributed by atoms with Crippen LogP contribution in [-0.2, 0) is 15.3 Å². The van der Waals surface area contributed by atoms with Crippen LogP contribution >= 0.6 is 23.1 Å². The monoisotopic (exact) mass is 398 g/mol. The van der Waals surface area contributed by atoms with Crippen LogP contribution in [0.4, 0.5) is 10.8 Å². The van der Waals surface area contributed by atoms with Crippen molar-refractivity contribution in [2.45, 2.75) is 12.7 Å². The summed E-state index contributed by atoms with van der Waals surface area (Å²) in [6, 6.07) is 11.3. The summed E-state index contributed by atoms with van der Waals surface area (Å²) < 4.78 is 0. The van der Waals surface area contributed by atoms with Gasteiger partial charge in [0.1, 0.15) is 0 Å². The van der Waals surface area contributed by atoms with Crippen LogP contribution in [0.3, 0.4) is 0 Å². The number of carbonyl (C=O) groups excluding carboxylic acids is 2. The highest BCUT2D eigenvalue weighted by molar-refractivity contribution is 7.99. The minimum atomic E-state index is -0.109. The zero-order valence-corrected chi connectivity index (χ0v) is 16.3. The minimum Gasteiger partial charge on any atom is -0.326 e. The lowest BCUT2D eigenvalue weighted by Gasteiger charge is -2.03. The Kier molecular flexibility index (Phi) is 6.56. The molecule has 0 aliphatic heterocycles. The molecule has 0 aliphatic rings. The SMILES string of the molecule is CC(=O)Nc1ccc(-c2csc(NC(=O)CSCc3cccnc3)n2)cc1. The van der Waals surface area contributed by atoms with Crippen LogP contribution in [0, 0.1) is 0 Å². The van der Waals surface area contributed by atoms with Crippen molar-refractivity contribution in [3.63, 3.8) is 0 Å². The van der Waals surface area contributed by atoms with E-state index in [2.05, 4.69) is 20.6 Å². The van der Waals surface area contributed by atoms with Gasteiger partial charge in [0, 0.05) is 41.7 Å². The minimum absolute atomic E-state index is 0.0780. The predicted molar refractivity (Wildman–Crippen MR) is 111 cm³/mol. The second kappa shape index (κ2) is 9.29. The van der Waals surface area contributed by atoms with Gasteiger partial charge in [0.15, 0.2) is 5.13 Å².